The Kier molecular flexibility index (Phi) is 6.18. The lowest BCUT2D eigenvalue weighted by Crippen LogP contribution is -2.30. The number of aryl methyl sites for hydroxylation is 4. The number of carbonyl (C=O) groups excluding carboxylic acids is 1. The van der Waals surface area contributed by atoms with Gasteiger partial charge in [-0.05, 0) is 64.9 Å². The van der Waals surface area contributed by atoms with Gasteiger partial charge >= 0.3 is 0 Å². The number of anilines is 1. The van der Waals surface area contributed by atoms with E-state index in [4.69, 9.17) is 5.10 Å². The quantitative estimate of drug-likeness (QED) is 0.675. The van der Waals surface area contributed by atoms with Crippen molar-refractivity contribution in [1.29, 1.82) is 0 Å². The van der Waals surface area contributed by atoms with E-state index in [-0.39, 0.29) is 5.91 Å². The van der Waals surface area contributed by atoms with Gasteiger partial charge < -0.3 is 5.32 Å². The molecule has 5 nitrogen and oxygen atoms in total. The minimum Gasteiger partial charge on any atom is -0.324 e. The third-order valence-corrected chi connectivity index (χ3v) is 5.22. The fourth-order valence-electron chi connectivity index (χ4n) is 3.85. The van der Waals surface area contributed by atoms with Crippen LogP contribution in [0, 0.1) is 34.6 Å². The molecule has 1 amide bonds. The Balaban J connectivity index is 1.69. The SMILES string of the molecule is Cc1cc(C)c(NC(=O)CN(C)Cc2c(C)nn(-c3ccccc3)c2C)c(C)c1. The zero-order chi connectivity index (χ0) is 21.1. The number of amides is 1. The summed E-state index contributed by atoms with van der Waals surface area (Å²) < 4.78 is 1.97. The van der Waals surface area contributed by atoms with Crippen LogP contribution in [0.5, 0.6) is 0 Å². The van der Waals surface area contributed by atoms with Crippen LogP contribution >= 0.6 is 0 Å². The summed E-state index contributed by atoms with van der Waals surface area (Å²) in [5.74, 6) is -0.00619. The predicted molar refractivity (Wildman–Crippen MR) is 119 cm³/mol. The van der Waals surface area contributed by atoms with E-state index in [0.717, 1.165) is 39.5 Å². The molecule has 0 fully saturated rings. The normalized spacial score (nSPS) is 11.1. The second kappa shape index (κ2) is 8.62. The van der Waals surface area contributed by atoms with Crippen molar-refractivity contribution in [2.75, 3.05) is 18.9 Å². The summed E-state index contributed by atoms with van der Waals surface area (Å²) in [6.07, 6.45) is 0. The van der Waals surface area contributed by atoms with E-state index in [1.165, 1.54) is 5.56 Å². The number of benzene rings is 2. The number of likely N-dealkylation sites (N-methyl/N-ethyl adjacent to an activating group) is 1. The maximum absolute atomic E-state index is 12.6. The summed E-state index contributed by atoms with van der Waals surface area (Å²) in [7, 11) is 1.97. The maximum Gasteiger partial charge on any atom is 0.238 e. The Morgan fingerprint density at radius 2 is 1.66 bits per heavy atom. The average Bonchev–Trinajstić information content (AvgIpc) is 2.93. The molecule has 1 heterocycles. The molecular weight excluding hydrogens is 360 g/mol. The van der Waals surface area contributed by atoms with E-state index in [0.29, 0.717) is 13.1 Å². The van der Waals surface area contributed by atoms with Gasteiger partial charge in [-0.25, -0.2) is 4.68 Å². The van der Waals surface area contributed by atoms with E-state index < -0.39 is 0 Å². The van der Waals surface area contributed by atoms with Crippen molar-refractivity contribution in [3.8, 4) is 5.69 Å². The van der Waals surface area contributed by atoms with Crippen molar-refractivity contribution in [2.45, 2.75) is 41.2 Å². The van der Waals surface area contributed by atoms with Gasteiger partial charge in [-0.3, -0.25) is 9.69 Å². The first kappa shape index (κ1) is 20.8. The lowest BCUT2D eigenvalue weighted by atomic mass is 10.1. The number of nitrogens with zero attached hydrogens (tertiary/aromatic N) is 3. The van der Waals surface area contributed by atoms with Crippen molar-refractivity contribution < 1.29 is 4.79 Å². The summed E-state index contributed by atoms with van der Waals surface area (Å²) in [6.45, 7) is 11.2. The molecule has 2 aromatic carbocycles. The standard InChI is InChI=1S/C24H30N4O/c1-16-12-17(2)24(18(3)13-16)25-23(29)15-27(6)14-22-19(4)26-28(20(22)5)21-10-8-7-9-11-21/h7-13H,14-15H2,1-6H3,(H,25,29). The minimum absolute atomic E-state index is 0.00619. The summed E-state index contributed by atoms with van der Waals surface area (Å²) in [5.41, 5.74) is 8.60. The smallest absolute Gasteiger partial charge is 0.238 e. The van der Waals surface area contributed by atoms with E-state index >= 15 is 0 Å². The van der Waals surface area contributed by atoms with Crippen LogP contribution < -0.4 is 5.32 Å². The van der Waals surface area contributed by atoms with Crippen molar-refractivity contribution in [3.05, 3.63) is 76.1 Å². The number of hydrogen-bond donors (Lipinski definition) is 1. The van der Waals surface area contributed by atoms with Crippen LogP contribution in [0.3, 0.4) is 0 Å². The van der Waals surface area contributed by atoms with Gasteiger partial charge in [0.25, 0.3) is 0 Å². The molecule has 152 valence electrons. The van der Waals surface area contributed by atoms with Crippen molar-refractivity contribution in [1.82, 2.24) is 14.7 Å². The Hall–Kier alpha value is -2.92. The second-order valence-corrected chi connectivity index (χ2v) is 7.89. The first-order chi connectivity index (χ1) is 13.8. The minimum atomic E-state index is -0.00619. The highest BCUT2D eigenvalue weighted by molar-refractivity contribution is 5.93. The molecule has 0 saturated heterocycles. The number of para-hydroxylation sites is 1. The highest BCUT2D eigenvalue weighted by atomic mass is 16.2. The van der Waals surface area contributed by atoms with Crippen LogP contribution in [0.2, 0.25) is 0 Å². The van der Waals surface area contributed by atoms with Crippen molar-refractivity contribution >= 4 is 11.6 Å². The first-order valence-electron chi connectivity index (χ1n) is 9.93. The Morgan fingerprint density at radius 3 is 2.28 bits per heavy atom. The lowest BCUT2D eigenvalue weighted by Gasteiger charge is -2.18. The van der Waals surface area contributed by atoms with Gasteiger partial charge in [-0.15, -0.1) is 0 Å². The number of carbonyl (C=O) groups is 1. The van der Waals surface area contributed by atoms with Crippen LogP contribution in [0.15, 0.2) is 42.5 Å². The molecule has 3 aromatic rings. The molecule has 0 aliphatic rings. The molecule has 0 aliphatic carbocycles. The Bertz CT molecular complexity index is 998. The van der Waals surface area contributed by atoms with Gasteiger partial charge in [-0.2, -0.15) is 5.10 Å². The average molecular weight is 391 g/mol. The van der Waals surface area contributed by atoms with Crippen LogP contribution in [0.25, 0.3) is 5.69 Å². The molecule has 0 radical (unpaired) electrons. The monoisotopic (exact) mass is 390 g/mol. The van der Waals surface area contributed by atoms with Crippen LogP contribution in [0.4, 0.5) is 5.69 Å². The Labute approximate surface area is 173 Å². The molecule has 0 bridgehead atoms. The number of hydrogen-bond acceptors (Lipinski definition) is 3. The predicted octanol–water partition coefficient (Wildman–Crippen LogP) is 4.48. The molecule has 0 aliphatic heterocycles. The summed E-state index contributed by atoms with van der Waals surface area (Å²) >= 11 is 0. The third-order valence-electron chi connectivity index (χ3n) is 5.22. The van der Waals surface area contributed by atoms with E-state index in [1.54, 1.807) is 0 Å². The summed E-state index contributed by atoms with van der Waals surface area (Å²) in [5, 5.41) is 7.78. The number of aromatic nitrogens is 2. The fourth-order valence-corrected chi connectivity index (χ4v) is 3.85. The molecule has 0 unspecified atom stereocenters. The van der Waals surface area contributed by atoms with Gasteiger partial charge in [0, 0.05) is 23.5 Å². The number of nitrogens with one attached hydrogen (secondary N) is 1. The van der Waals surface area contributed by atoms with E-state index in [2.05, 4.69) is 31.3 Å². The highest BCUT2D eigenvalue weighted by Gasteiger charge is 2.16. The Morgan fingerprint density at radius 1 is 1.03 bits per heavy atom. The molecule has 5 heteroatoms. The van der Waals surface area contributed by atoms with Crippen LogP contribution in [-0.2, 0) is 11.3 Å². The zero-order valence-corrected chi connectivity index (χ0v) is 18.2. The van der Waals surface area contributed by atoms with Gasteiger partial charge in [-0.1, -0.05) is 35.9 Å². The molecule has 0 spiro atoms. The summed E-state index contributed by atoms with van der Waals surface area (Å²) in [6, 6.07) is 14.3. The van der Waals surface area contributed by atoms with Crippen molar-refractivity contribution in [3.63, 3.8) is 0 Å². The van der Waals surface area contributed by atoms with E-state index in [1.807, 2.05) is 67.7 Å². The van der Waals surface area contributed by atoms with Gasteiger partial charge in [0.05, 0.1) is 17.9 Å². The maximum atomic E-state index is 12.6. The van der Waals surface area contributed by atoms with Gasteiger partial charge in [0.1, 0.15) is 0 Å². The van der Waals surface area contributed by atoms with Crippen LogP contribution in [-0.4, -0.2) is 34.2 Å². The molecule has 0 saturated carbocycles. The van der Waals surface area contributed by atoms with E-state index in [9.17, 15) is 4.79 Å². The fraction of sp³-hybridized carbons (Fsp3) is 0.333. The second-order valence-electron chi connectivity index (χ2n) is 7.89. The molecule has 1 aromatic heterocycles. The zero-order valence-electron chi connectivity index (χ0n) is 18.2. The van der Waals surface area contributed by atoms with Gasteiger partial charge in [0.2, 0.25) is 5.91 Å². The summed E-state index contributed by atoms with van der Waals surface area (Å²) in [4.78, 5) is 14.7. The highest BCUT2D eigenvalue weighted by Crippen LogP contribution is 2.22. The molecule has 1 N–H and O–H groups in total. The first-order valence-corrected chi connectivity index (χ1v) is 9.93. The van der Waals surface area contributed by atoms with Gasteiger partial charge in [0.15, 0.2) is 0 Å². The van der Waals surface area contributed by atoms with Crippen LogP contribution in [0.1, 0.15) is 33.6 Å². The molecule has 3 rings (SSSR count). The lowest BCUT2D eigenvalue weighted by molar-refractivity contribution is -0.117. The number of rotatable bonds is 6. The van der Waals surface area contributed by atoms with Crippen molar-refractivity contribution in [2.24, 2.45) is 0 Å². The molecule has 29 heavy (non-hydrogen) atoms. The largest absolute Gasteiger partial charge is 0.324 e. The molecular formula is C24H30N4O. The third kappa shape index (κ3) is 4.74. The molecule has 0 atom stereocenters. The topological polar surface area (TPSA) is 50.2 Å².